The zero-order chi connectivity index (χ0) is 18.6. The molecule has 1 saturated heterocycles. The molecule has 7 heteroatoms. The first-order valence-corrected chi connectivity index (χ1v) is 9.96. The number of anilines is 2. The van der Waals surface area contributed by atoms with Crippen molar-refractivity contribution in [2.75, 3.05) is 23.3 Å². The molecule has 0 radical (unpaired) electrons. The molecule has 3 N–H and O–H groups in total. The summed E-state index contributed by atoms with van der Waals surface area (Å²) < 4.78 is 0. The molecule has 4 rings (SSSR count). The Balaban J connectivity index is 0.00000225. The van der Waals surface area contributed by atoms with E-state index in [1.165, 1.54) is 36.8 Å². The van der Waals surface area contributed by atoms with E-state index in [1.54, 1.807) is 0 Å². The van der Waals surface area contributed by atoms with Crippen LogP contribution in [-0.4, -0.2) is 29.0 Å². The zero-order valence-corrected chi connectivity index (χ0v) is 18.8. The van der Waals surface area contributed by atoms with E-state index in [2.05, 4.69) is 43.4 Å². The number of halogens is 1. The number of nitrogens with one attached hydrogen (secondary N) is 1. The Morgan fingerprint density at radius 1 is 1.14 bits per heavy atom. The van der Waals surface area contributed by atoms with Gasteiger partial charge in [-0.2, -0.15) is 0 Å². The van der Waals surface area contributed by atoms with E-state index in [-0.39, 0.29) is 24.0 Å². The molecular weight excluding hydrogens is 463 g/mol. The molecule has 0 atom stereocenters. The molecule has 1 aromatic heterocycles. The normalized spacial score (nSPS) is 16.5. The molecule has 28 heavy (non-hydrogen) atoms. The maximum atomic E-state index is 6.17. The number of aromatic nitrogens is 2. The first-order valence-electron chi connectivity index (χ1n) is 9.96. The van der Waals surface area contributed by atoms with Crippen LogP contribution in [0.4, 0.5) is 11.6 Å². The number of hydrogen-bond acceptors (Lipinski definition) is 4. The summed E-state index contributed by atoms with van der Waals surface area (Å²) in [5, 5.41) is 3.30. The van der Waals surface area contributed by atoms with Crippen molar-refractivity contribution in [3.63, 3.8) is 0 Å². The van der Waals surface area contributed by atoms with Gasteiger partial charge in [0, 0.05) is 24.5 Å². The summed E-state index contributed by atoms with van der Waals surface area (Å²) in [5.74, 6) is 1.26. The van der Waals surface area contributed by atoms with Gasteiger partial charge in [-0.05, 0) is 68.7 Å². The van der Waals surface area contributed by atoms with Gasteiger partial charge in [0.05, 0.1) is 12.2 Å². The van der Waals surface area contributed by atoms with Crippen LogP contribution in [0, 0.1) is 6.92 Å². The molecule has 0 amide bonds. The third-order valence-corrected chi connectivity index (χ3v) is 5.35. The molecule has 0 bridgehead atoms. The third kappa shape index (κ3) is 4.92. The summed E-state index contributed by atoms with van der Waals surface area (Å²) in [7, 11) is 0. The second-order valence-electron chi connectivity index (χ2n) is 7.47. The van der Waals surface area contributed by atoms with Crippen LogP contribution >= 0.6 is 24.0 Å². The zero-order valence-electron chi connectivity index (χ0n) is 16.4. The lowest BCUT2D eigenvalue weighted by molar-refractivity contribution is 0.687. The van der Waals surface area contributed by atoms with Gasteiger partial charge in [-0.3, -0.25) is 0 Å². The van der Waals surface area contributed by atoms with Gasteiger partial charge in [0.1, 0.15) is 0 Å². The predicted octanol–water partition coefficient (Wildman–Crippen LogP) is 3.81. The number of aliphatic imine (C=N–C) groups is 1. The van der Waals surface area contributed by atoms with Crippen molar-refractivity contribution in [3.05, 3.63) is 46.8 Å². The quantitative estimate of drug-likeness (QED) is 0.386. The Morgan fingerprint density at radius 2 is 1.93 bits per heavy atom. The van der Waals surface area contributed by atoms with Crippen LogP contribution in [0.2, 0.25) is 0 Å². The highest BCUT2D eigenvalue weighted by Gasteiger charge is 2.16. The fraction of sp³-hybridized carbons (Fsp3) is 0.476. The first-order chi connectivity index (χ1) is 13.2. The maximum absolute atomic E-state index is 6.17. The van der Waals surface area contributed by atoms with Crippen molar-refractivity contribution in [1.82, 2.24) is 9.97 Å². The van der Waals surface area contributed by atoms with E-state index in [1.807, 2.05) is 13.0 Å². The maximum Gasteiger partial charge on any atom is 0.225 e. The van der Waals surface area contributed by atoms with Crippen LogP contribution in [0.25, 0.3) is 0 Å². The summed E-state index contributed by atoms with van der Waals surface area (Å²) in [6.45, 7) is 4.54. The van der Waals surface area contributed by atoms with Gasteiger partial charge >= 0.3 is 0 Å². The Labute approximate surface area is 184 Å². The van der Waals surface area contributed by atoms with Gasteiger partial charge in [0.25, 0.3) is 0 Å². The molecule has 2 heterocycles. The molecule has 150 valence electrons. The fourth-order valence-electron chi connectivity index (χ4n) is 4.00. The van der Waals surface area contributed by atoms with Gasteiger partial charge in [0.2, 0.25) is 5.95 Å². The minimum Gasteiger partial charge on any atom is -0.370 e. The molecule has 2 aromatic rings. The number of rotatable bonds is 4. The summed E-state index contributed by atoms with van der Waals surface area (Å²) in [6, 6.07) is 8.39. The summed E-state index contributed by atoms with van der Waals surface area (Å²) >= 11 is 0. The van der Waals surface area contributed by atoms with E-state index in [0.29, 0.717) is 12.5 Å². The number of nitrogens with zero attached hydrogens (tertiary/aromatic N) is 4. The van der Waals surface area contributed by atoms with Crippen molar-refractivity contribution in [3.8, 4) is 0 Å². The van der Waals surface area contributed by atoms with Gasteiger partial charge in [-0.1, -0.05) is 12.1 Å². The van der Waals surface area contributed by atoms with Crippen molar-refractivity contribution in [2.24, 2.45) is 10.7 Å². The topological polar surface area (TPSA) is 79.4 Å². The molecule has 1 fully saturated rings. The molecule has 6 nitrogen and oxygen atoms in total. The number of aryl methyl sites for hydroxylation is 2. The van der Waals surface area contributed by atoms with Crippen LogP contribution in [0.3, 0.4) is 0 Å². The van der Waals surface area contributed by atoms with Gasteiger partial charge < -0.3 is 16.0 Å². The van der Waals surface area contributed by atoms with E-state index in [4.69, 9.17) is 5.73 Å². The van der Waals surface area contributed by atoms with Crippen LogP contribution in [-0.2, 0) is 19.4 Å². The summed E-state index contributed by atoms with van der Waals surface area (Å²) in [6.07, 6.45) is 7.19. The van der Waals surface area contributed by atoms with E-state index < -0.39 is 0 Å². The van der Waals surface area contributed by atoms with Crippen molar-refractivity contribution < 1.29 is 0 Å². The molecule has 1 aliphatic carbocycles. The third-order valence-electron chi connectivity index (χ3n) is 5.35. The van der Waals surface area contributed by atoms with Crippen molar-refractivity contribution >= 4 is 41.6 Å². The number of nitrogens with two attached hydrogens (primary N) is 1. The number of fused-ring (bicyclic) bond motifs is 1. The average Bonchev–Trinajstić information content (AvgIpc) is 3.21. The number of benzene rings is 1. The second kappa shape index (κ2) is 9.54. The Hall–Kier alpha value is -1.90. The van der Waals surface area contributed by atoms with E-state index in [9.17, 15) is 0 Å². The van der Waals surface area contributed by atoms with Crippen molar-refractivity contribution in [1.29, 1.82) is 0 Å². The highest BCUT2D eigenvalue weighted by atomic mass is 127. The minimum absolute atomic E-state index is 0. The SMILES string of the molecule is Cc1cc(CN=C(N)Nc2cccc3c2CCCC3)nc(N2CCCC2)n1.I. The predicted molar refractivity (Wildman–Crippen MR) is 126 cm³/mol. The standard InChI is InChI=1S/C21H28N6.HI/c1-15-13-17(25-21(24-15)27-11-4-5-12-27)14-23-20(22)26-19-10-6-8-16-7-2-3-9-18(16)19;/h6,8,10,13H,2-5,7,9,11-12,14H2,1H3,(H3,22,23,26);1H. The molecule has 0 spiro atoms. The fourth-order valence-corrected chi connectivity index (χ4v) is 4.00. The Bertz CT molecular complexity index is 845. The van der Waals surface area contributed by atoms with Crippen LogP contribution in [0.5, 0.6) is 0 Å². The van der Waals surface area contributed by atoms with Gasteiger partial charge in [0.15, 0.2) is 5.96 Å². The molecule has 0 unspecified atom stereocenters. The molecule has 1 aromatic carbocycles. The van der Waals surface area contributed by atoms with Crippen LogP contribution in [0.1, 0.15) is 48.2 Å². The summed E-state index contributed by atoms with van der Waals surface area (Å²) in [4.78, 5) is 16.0. The second-order valence-corrected chi connectivity index (χ2v) is 7.47. The largest absolute Gasteiger partial charge is 0.370 e. The van der Waals surface area contributed by atoms with Crippen LogP contribution < -0.4 is 16.0 Å². The lowest BCUT2D eigenvalue weighted by atomic mass is 9.90. The smallest absolute Gasteiger partial charge is 0.225 e. The minimum atomic E-state index is 0. The lowest BCUT2D eigenvalue weighted by Gasteiger charge is -2.20. The number of hydrogen-bond donors (Lipinski definition) is 2. The van der Waals surface area contributed by atoms with Gasteiger partial charge in [-0.15, -0.1) is 24.0 Å². The average molecular weight is 492 g/mol. The highest BCUT2D eigenvalue weighted by Crippen LogP contribution is 2.27. The first kappa shape index (κ1) is 20.8. The molecular formula is C21H29IN6. The number of guanidine groups is 1. The van der Waals surface area contributed by atoms with E-state index >= 15 is 0 Å². The lowest BCUT2D eigenvalue weighted by Crippen LogP contribution is -2.24. The van der Waals surface area contributed by atoms with Crippen molar-refractivity contribution in [2.45, 2.75) is 52.0 Å². The van der Waals surface area contributed by atoms with E-state index in [0.717, 1.165) is 49.0 Å². The monoisotopic (exact) mass is 492 g/mol. The molecule has 0 saturated carbocycles. The highest BCUT2D eigenvalue weighted by molar-refractivity contribution is 14.0. The molecule has 2 aliphatic rings. The summed E-state index contributed by atoms with van der Waals surface area (Å²) in [5.41, 5.74) is 12.0. The Kier molecular flexibility index (Phi) is 7.09. The van der Waals surface area contributed by atoms with Gasteiger partial charge in [-0.25, -0.2) is 15.0 Å². The van der Waals surface area contributed by atoms with Crippen LogP contribution in [0.15, 0.2) is 29.3 Å². The molecule has 1 aliphatic heterocycles. The Morgan fingerprint density at radius 3 is 2.75 bits per heavy atom.